The van der Waals surface area contributed by atoms with E-state index in [-0.39, 0.29) is 30.4 Å². The van der Waals surface area contributed by atoms with Crippen molar-refractivity contribution < 1.29 is 33.7 Å². The van der Waals surface area contributed by atoms with Gasteiger partial charge in [0.15, 0.2) is 0 Å². The minimum Gasteiger partial charge on any atom is -0.478 e. The Balaban J connectivity index is 2.02. The smallest absolute Gasteiger partial charge is 0.339 e. The van der Waals surface area contributed by atoms with E-state index in [9.17, 15) is 19.5 Å². The number of benzene rings is 1. The number of rotatable bonds is 9. The maximum absolute atomic E-state index is 12.1. The molecule has 0 radical (unpaired) electrons. The van der Waals surface area contributed by atoms with Crippen LogP contribution in [0.25, 0.3) is 0 Å². The Morgan fingerprint density at radius 3 is 2.64 bits per heavy atom. The van der Waals surface area contributed by atoms with Gasteiger partial charge in [0.2, 0.25) is 0 Å². The lowest BCUT2D eigenvalue weighted by molar-refractivity contribution is -0.139. The predicted molar refractivity (Wildman–Crippen MR) is 87.5 cm³/mol. The van der Waals surface area contributed by atoms with Crippen molar-refractivity contribution in [3.05, 3.63) is 47.0 Å². The Morgan fingerprint density at radius 1 is 1.32 bits per heavy atom. The molecule has 1 aliphatic heterocycles. The first kappa shape index (κ1) is 18.7. The van der Waals surface area contributed by atoms with Gasteiger partial charge in [-0.1, -0.05) is 18.7 Å². The molecule has 1 aromatic rings. The van der Waals surface area contributed by atoms with E-state index in [4.69, 9.17) is 14.2 Å². The molecule has 134 valence electrons. The zero-order valence-electron chi connectivity index (χ0n) is 13.9. The molecule has 0 aliphatic carbocycles. The average Bonchev–Trinajstić information content (AvgIpc) is 3.40. The first-order valence-corrected chi connectivity index (χ1v) is 7.86. The fourth-order valence-corrected chi connectivity index (χ4v) is 2.19. The molecule has 0 amide bonds. The van der Waals surface area contributed by atoms with Crippen molar-refractivity contribution in [1.82, 2.24) is 0 Å². The third-order valence-electron chi connectivity index (χ3n) is 3.56. The predicted octanol–water partition coefficient (Wildman–Crippen LogP) is 1.99. The molecule has 1 fully saturated rings. The van der Waals surface area contributed by atoms with Crippen LogP contribution in [0.15, 0.2) is 30.4 Å². The van der Waals surface area contributed by atoms with Crippen molar-refractivity contribution in [2.75, 3.05) is 19.8 Å². The van der Waals surface area contributed by atoms with E-state index in [2.05, 4.69) is 6.58 Å². The van der Waals surface area contributed by atoms with Gasteiger partial charge in [0.25, 0.3) is 0 Å². The topological polar surface area (TPSA) is 102 Å². The average molecular weight is 348 g/mol. The van der Waals surface area contributed by atoms with E-state index in [0.717, 1.165) is 0 Å². The minimum absolute atomic E-state index is 0.00424. The second-order valence-corrected chi connectivity index (χ2v) is 5.72. The first-order chi connectivity index (χ1) is 11.9. The number of hydrogen-bond acceptors (Lipinski definition) is 6. The van der Waals surface area contributed by atoms with Crippen LogP contribution in [0.4, 0.5) is 0 Å². The Bertz CT molecular complexity index is 689. The molecule has 0 bridgehead atoms. The number of carbonyl (C=O) groups excluding carboxylic acids is 2. The lowest BCUT2D eigenvalue weighted by Gasteiger charge is -2.11. The van der Waals surface area contributed by atoms with Gasteiger partial charge in [-0.15, -0.1) is 0 Å². The Hall–Kier alpha value is -2.67. The lowest BCUT2D eigenvalue weighted by Crippen LogP contribution is -2.16. The molecule has 1 heterocycles. The van der Waals surface area contributed by atoms with Crippen molar-refractivity contribution in [2.45, 2.75) is 25.9 Å². The van der Waals surface area contributed by atoms with Gasteiger partial charge < -0.3 is 19.3 Å². The maximum atomic E-state index is 12.1. The molecule has 1 atom stereocenters. The van der Waals surface area contributed by atoms with Gasteiger partial charge in [-0.3, -0.25) is 0 Å². The summed E-state index contributed by atoms with van der Waals surface area (Å²) in [6.45, 7) is 5.82. The van der Waals surface area contributed by atoms with Crippen molar-refractivity contribution in [1.29, 1.82) is 0 Å². The highest BCUT2D eigenvalue weighted by Gasteiger charge is 2.26. The number of carboxylic acids is 1. The summed E-state index contributed by atoms with van der Waals surface area (Å²) in [7, 11) is 0. The van der Waals surface area contributed by atoms with Crippen molar-refractivity contribution in [3.63, 3.8) is 0 Å². The van der Waals surface area contributed by atoms with Crippen LogP contribution >= 0.6 is 0 Å². The number of carboxylic acid groups (broad SMARTS) is 1. The Kier molecular flexibility index (Phi) is 6.30. The van der Waals surface area contributed by atoms with Crippen LogP contribution in [-0.4, -0.2) is 48.9 Å². The number of aryl methyl sites for hydroxylation is 1. The number of aromatic carboxylic acids is 1. The summed E-state index contributed by atoms with van der Waals surface area (Å²) in [6.07, 6.45) is 0.675. The standard InChI is InChI=1S/C18H20O7/c1-11(2)17(21)23-8-4-6-12-5-3-7-14(15(12)16(19)20)18(22)25-10-13-9-24-13/h3,5,7,13H,1,4,6,8-10H2,2H3,(H,19,20). The van der Waals surface area contributed by atoms with Gasteiger partial charge in [0.05, 0.1) is 24.3 Å². The van der Waals surface area contributed by atoms with Crippen LogP contribution in [0, 0.1) is 0 Å². The summed E-state index contributed by atoms with van der Waals surface area (Å²) in [5.74, 6) is -2.38. The lowest BCUT2D eigenvalue weighted by atomic mass is 9.97. The van der Waals surface area contributed by atoms with E-state index in [1.54, 1.807) is 19.1 Å². The van der Waals surface area contributed by atoms with Gasteiger partial charge in [0, 0.05) is 5.57 Å². The zero-order chi connectivity index (χ0) is 18.4. The number of epoxide rings is 1. The summed E-state index contributed by atoms with van der Waals surface area (Å²) in [5.41, 5.74) is 0.701. The van der Waals surface area contributed by atoms with Crippen LogP contribution in [0.5, 0.6) is 0 Å². The molecule has 0 spiro atoms. The quantitative estimate of drug-likeness (QED) is 0.315. The molecular weight excluding hydrogens is 328 g/mol. The van der Waals surface area contributed by atoms with Gasteiger partial charge in [-0.05, 0) is 31.4 Å². The van der Waals surface area contributed by atoms with E-state index < -0.39 is 17.9 Å². The molecule has 2 rings (SSSR count). The van der Waals surface area contributed by atoms with Gasteiger partial charge in [-0.25, -0.2) is 14.4 Å². The van der Waals surface area contributed by atoms with Crippen LogP contribution in [0.1, 0.15) is 39.6 Å². The molecule has 25 heavy (non-hydrogen) atoms. The molecule has 0 saturated carbocycles. The SMILES string of the molecule is C=C(C)C(=O)OCCCc1cccc(C(=O)OCC2CO2)c1C(=O)O. The molecular formula is C18H20O7. The summed E-state index contributed by atoms with van der Waals surface area (Å²) in [4.78, 5) is 35.0. The van der Waals surface area contributed by atoms with E-state index in [1.807, 2.05) is 0 Å². The third-order valence-corrected chi connectivity index (χ3v) is 3.56. The van der Waals surface area contributed by atoms with E-state index in [0.29, 0.717) is 30.6 Å². The molecule has 1 saturated heterocycles. The molecule has 7 nitrogen and oxygen atoms in total. The summed E-state index contributed by atoms with van der Waals surface area (Å²) >= 11 is 0. The van der Waals surface area contributed by atoms with Gasteiger partial charge >= 0.3 is 17.9 Å². The van der Waals surface area contributed by atoms with Crippen LogP contribution in [0.3, 0.4) is 0 Å². The van der Waals surface area contributed by atoms with E-state index in [1.165, 1.54) is 6.07 Å². The second-order valence-electron chi connectivity index (χ2n) is 5.72. The number of ether oxygens (including phenoxy) is 3. The highest BCUT2D eigenvalue weighted by molar-refractivity contribution is 6.03. The van der Waals surface area contributed by atoms with Crippen molar-refractivity contribution in [3.8, 4) is 0 Å². The molecule has 7 heteroatoms. The second kappa shape index (κ2) is 8.43. The first-order valence-electron chi connectivity index (χ1n) is 7.86. The number of carbonyl (C=O) groups is 3. The molecule has 1 aliphatic rings. The summed E-state index contributed by atoms with van der Waals surface area (Å²) < 4.78 is 15.0. The third kappa shape index (κ3) is 5.42. The Labute approximate surface area is 145 Å². The highest BCUT2D eigenvalue weighted by atomic mass is 16.6. The zero-order valence-corrected chi connectivity index (χ0v) is 13.9. The van der Waals surface area contributed by atoms with E-state index >= 15 is 0 Å². The van der Waals surface area contributed by atoms with Gasteiger partial charge in [-0.2, -0.15) is 0 Å². The molecule has 1 aromatic carbocycles. The van der Waals surface area contributed by atoms with Crippen LogP contribution < -0.4 is 0 Å². The summed E-state index contributed by atoms with van der Waals surface area (Å²) in [5, 5.41) is 9.47. The monoisotopic (exact) mass is 348 g/mol. The van der Waals surface area contributed by atoms with Crippen molar-refractivity contribution in [2.24, 2.45) is 0 Å². The minimum atomic E-state index is -1.20. The van der Waals surface area contributed by atoms with Gasteiger partial charge in [0.1, 0.15) is 12.7 Å². The normalized spacial score (nSPS) is 15.3. The fourth-order valence-electron chi connectivity index (χ4n) is 2.19. The molecule has 0 aromatic heterocycles. The largest absolute Gasteiger partial charge is 0.478 e. The van der Waals surface area contributed by atoms with Crippen LogP contribution in [0.2, 0.25) is 0 Å². The highest BCUT2D eigenvalue weighted by Crippen LogP contribution is 2.19. The number of esters is 2. The van der Waals surface area contributed by atoms with Crippen molar-refractivity contribution >= 4 is 17.9 Å². The number of hydrogen-bond donors (Lipinski definition) is 1. The fraction of sp³-hybridized carbons (Fsp3) is 0.389. The van der Waals surface area contributed by atoms with Crippen LogP contribution in [-0.2, 0) is 25.4 Å². The molecule has 1 unspecified atom stereocenters. The Morgan fingerprint density at radius 2 is 2.04 bits per heavy atom. The maximum Gasteiger partial charge on any atom is 0.339 e. The molecule has 1 N–H and O–H groups in total. The summed E-state index contributed by atoms with van der Waals surface area (Å²) in [6, 6.07) is 4.65.